The maximum Gasteiger partial charge on any atom is 0.0540 e. The van der Waals surface area contributed by atoms with E-state index in [1.165, 1.54) is 66.4 Å². The topological polar surface area (TPSA) is 6.48 Å². The smallest absolute Gasteiger partial charge is 0.0540 e. The normalized spacial score (nSPS) is 11.0. The highest BCUT2D eigenvalue weighted by molar-refractivity contribution is 5.99. The Labute approximate surface area is 387 Å². The summed E-state index contributed by atoms with van der Waals surface area (Å²) < 4.78 is 0. The van der Waals surface area contributed by atoms with Crippen molar-refractivity contribution < 1.29 is 0 Å². The van der Waals surface area contributed by atoms with Gasteiger partial charge in [0.1, 0.15) is 0 Å². The number of benzene rings is 11. The van der Waals surface area contributed by atoms with E-state index < -0.39 is 0 Å². The summed E-state index contributed by atoms with van der Waals surface area (Å²) in [6, 6.07) is 100. The van der Waals surface area contributed by atoms with Crippen molar-refractivity contribution in [2.45, 2.75) is 0 Å². The van der Waals surface area contributed by atoms with Gasteiger partial charge in [-0.05, 0) is 128 Å². The molecule has 0 aliphatic heterocycles. The molecular formula is C64H46N2. The van der Waals surface area contributed by atoms with E-state index >= 15 is 0 Å². The summed E-state index contributed by atoms with van der Waals surface area (Å²) in [6.07, 6.45) is 0. The molecule has 0 bridgehead atoms. The molecule has 0 spiro atoms. The number of hydrogen-bond acceptors (Lipinski definition) is 2. The molecule has 0 aliphatic carbocycles. The molecule has 0 fully saturated rings. The van der Waals surface area contributed by atoms with Gasteiger partial charge >= 0.3 is 0 Å². The molecule has 2 nitrogen and oxygen atoms in total. The van der Waals surface area contributed by atoms with Crippen LogP contribution in [0.15, 0.2) is 279 Å². The predicted molar refractivity (Wildman–Crippen MR) is 280 cm³/mol. The van der Waals surface area contributed by atoms with E-state index in [1.807, 2.05) is 0 Å². The van der Waals surface area contributed by atoms with Gasteiger partial charge in [0.25, 0.3) is 0 Å². The van der Waals surface area contributed by atoms with Gasteiger partial charge in [0, 0.05) is 33.8 Å². The van der Waals surface area contributed by atoms with E-state index in [4.69, 9.17) is 0 Å². The van der Waals surface area contributed by atoms with Gasteiger partial charge in [-0.2, -0.15) is 0 Å². The highest BCUT2D eigenvalue weighted by Crippen LogP contribution is 2.41. The standard InChI is InChI=1S/C64H46N2/c1-4-13-47(14-5-1)52-27-37-58(38-28-52)65(59-39-29-53(30-40-59)48-15-6-2-7-16-48)60-41-31-55(32-42-60)50-23-25-51(26-24-50)56-35-45-62(46-36-56)66(64-22-12-20-57-19-10-11-21-63(57)64)61-43-33-54(34-44-61)49-17-8-3-9-18-49/h1-46H. The first-order valence-electron chi connectivity index (χ1n) is 22.6. The molecule has 0 amide bonds. The quantitative estimate of drug-likeness (QED) is 0.128. The van der Waals surface area contributed by atoms with Crippen LogP contribution >= 0.6 is 0 Å². The fourth-order valence-electron chi connectivity index (χ4n) is 9.04. The van der Waals surface area contributed by atoms with Crippen LogP contribution in [0.1, 0.15) is 0 Å². The minimum atomic E-state index is 1.10. The van der Waals surface area contributed by atoms with Crippen LogP contribution in [0.25, 0.3) is 66.4 Å². The first kappa shape index (κ1) is 40.1. The first-order valence-corrected chi connectivity index (χ1v) is 22.6. The molecule has 0 unspecified atom stereocenters. The molecule has 11 rings (SSSR count). The van der Waals surface area contributed by atoms with Crippen LogP contribution in [0.5, 0.6) is 0 Å². The van der Waals surface area contributed by atoms with E-state index in [0.717, 1.165) is 34.1 Å². The van der Waals surface area contributed by atoms with Gasteiger partial charge in [-0.1, -0.05) is 212 Å². The molecule has 0 aromatic heterocycles. The van der Waals surface area contributed by atoms with Crippen LogP contribution in [0.4, 0.5) is 34.1 Å². The lowest BCUT2D eigenvalue weighted by atomic mass is 9.99. The summed E-state index contributed by atoms with van der Waals surface area (Å²) in [7, 11) is 0. The Balaban J connectivity index is 0.866. The second-order valence-corrected chi connectivity index (χ2v) is 16.6. The lowest BCUT2D eigenvalue weighted by Crippen LogP contribution is -2.10. The number of anilines is 6. The van der Waals surface area contributed by atoms with E-state index in [9.17, 15) is 0 Å². The van der Waals surface area contributed by atoms with Crippen LogP contribution in [0, 0.1) is 0 Å². The molecule has 0 saturated carbocycles. The molecule has 0 heterocycles. The van der Waals surface area contributed by atoms with Crippen molar-refractivity contribution in [2.75, 3.05) is 9.80 Å². The zero-order valence-electron chi connectivity index (χ0n) is 36.5. The van der Waals surface area contributed by atoms with Gasteiger partial charge in [-0.3, -0.25) is 0 Å². The molecule has 0 saturated heterocycles. The second-order valence-electron chi connectivity index (χ2n) is 16.6. The Morgan fingerprint density at radius 3 is 0.742 bits per heavy atom. The maximum atomic E-state index is 2.37. The van der Waals surface area contributed by atoms with E-state index in [-0.39, 0.29) is 0 Å². The molecule has 0 aliphatic rings. The van der Waals surface area contributed by atoms with E-state index in [0.29, 0.717) is 0 Å². The molecule has 0 radical (unpaired) electrons. The Morgan fingerprint density at radius 2 is 0.409 bits per heavy atom. The van der Waals surface area contributed by atoms with Crippen molar-refractivity contribution in [2.24, 2.45) is 0 Å². The lowest BCUT2D eigenvalue weighted by Gasteiger charge is -2.27. The SMILES string of the molecule is c1ccc(-c2ccc(N(c3ccc(-c4ccccc4)cc3)c3ccc(-c4ccc(-c5ccc(N(c6ccc(-c7ccccc7)cc6)c6cccc7ccccc67)cc5)cc4)cc3)cc2)cc1. The molecule has 0 N–H and O–H groups in total. The molecule has 312 valence electrons. The fourth-order valence-corrected chi connectivity index (χ4v) is 9.04. The van der Waals surface area contributed by atoms with Crippen molar-refractivity contribution in [1.82, 2.24) is 0 Å². The summed E-state index contributed by atoms with van der Waals surface area (Å²) >= 11 is 0. The Bertz CT molecular complexity index is 3240. The number of fused-ring (bicyclic) bond motifs is 1. The van der Waals surface area contributed by atoms with Crippen LogP contribution < -0.4 is 9.80 Å². The molecule has 11 aromatic carbocycles. The van der Waals surface area contributed by atoms with Gasteiger partial charge < -0.3 is 9.80 Å². The van der Waals surface area contributed by atoms with E-state index in [2.05, 4.69) is 289 Å². The monoisotopic (exact) mass is 842 g/mol. The van der Waals surface area contributed by atoms with Crippen molar-refractivity contribution in [3.8, 4) is 55.6 Å². The minimum Gasteiger partial charge on any atom is -0.311 e. The largest absolute Gasteiger partial charge is 0.311 e. The minimum absolute atomic E-state index is 1.10. The van der Waals surface area contributed by atoms with Gasteiger partial charge in [-0.15, -0.1) is 0 Å². The summed E-state index contributed by atoms with van der Waals surface area (Å²) in [6.45, 7) is 0. The zero-order chi connectivity index (χ0) is 44.1. The highest BCUT2D eigenvalue weighted by Gasteiger charge is 2.17. The molecule has 66 heavy (non-hydrogen) atoms. The second kappa shape index (κ2) is 18.2. The van der Waals surface area contributed by atoms with Crippen LogP contribution in [-0.4, -0.2) is 0 Å². The van der Waals surface area contributed by atoms with Crippen LogP contribution in [0.3, 0.4) is 0 Å². The summed E-state index contributed by atoms with van der Waals surface area (Å²) in [5.41, 5.74) is 18.6. The molecule has 11 aromatic rings. The molecular weight excluding hydrogens is 797 g/mol. The average Bonchev–Trinajstić information content (AvgIpc) is 3.41. The Morgan fingerprint density at radius 1 is 0.167 bits per heavy atom. The lowest BCUT2D eigenvalue weighted by molar-refractivity contribution is 1.28. The summed E-state index contributed by atoms with van der Waals surface area (Å²) in [5, 5.41) is 2.43. The highest BCUT2D eigenvalue weighted by atomic mass is 15.1. The number of hydrogen-bond donors (Lipinski definition) is 0. The fraction of sp³-hybridized carbons (Fsp3) is 0. The summed E-state index contributed by atoms with van der Waals surface area (Å²) in [5.74, 6) is 0. The third kappa shape index (κ3) is 8.28. The number of nitrogens with zero attached hydrogens (tertiary/aromatic N) is 2. The maximum absolute atomic E-state index is 2.37. The Hall–Kier alpha value is -8.72. The molecule has 0 atom stereocenters. The average molecular weight is 843 g/mol. The van der Waals surface area contributed by atoms with E-state index in [1.54, 1.807) is 0 Å². The van der Waals surface area contributed by atoms with Gasteiger partial charge in [0.15, 0.2) is 0 Å². The third-order valence-corrected chi connectivity index (χ3v) is 12.5. The third-order valence-electron chi connectivity index (χ3n) is 12.5. The van der Waals surface area contributed by atoms with Gasteiger partial charge in [0.2, 0.25) is 0 Å². The first-order chi connectivity index (χ1) is 32.7. The van der Waals surface area contributed by atoms with Crippen molar-refractivity contribution in [1.29, 1.82) is 0 Å². The van der Waals surface area contributed by atoms with Crippen molar-refractivity contribution in [3.63, 3.8) is 0 Å². The van der Waals surface area contributed by atoms with Crippen LogP contribution in [0.2, 0.25) is 0 Å². The van der Waals surface area contributed by atoms with Gasteiger partial charge in [0.05, 0.1) is 5.69 Å². The molecule has 2 heteroatoms. The van der Waals surface area contributed by atoms with Crippen LogP contribution in [-0.2, 0) is 0 Å². The van der Waals surface area contributed by atoms with Gasteiger partial charge in [-0.25, -0.2) is 0 Å². The predicted octanol–water partition coefficient (Wildman–Crippen LogP) is 18.1. The van der Waals surface area contributed by atoms with Crippen molar-refractivity contribution >= 4 is 44.9 Å². The Kier molecular flexibility index (Phi) is 11.0. The number of rotatable bonds is 11. The zero-order valence-corrected chi connectivity index (χ0v) is 36.5. The van der Waals surface area contributed by atoms with Crippen molar-refractivity contribution in [3.05, 3.63) is 279 Å². The summed E-state index contributed by atoms with van der Waals surface area (Å²) in [4.78, 5) is 4.70.